The molecule has 7 heteroatoms. The molecule has 0 radical (unpaired) electrons. The molecule has 28 heavy (non-hydrogen) atoms. The smallest absolute Gasteiger partial charge is 0.227 e. The third-order valence-electron chi connectivity index (χ3n) is 5.93. The molecule has 2 fully saturated rings. The molecule has 3 heterocycles. The maximum absolute atomic E-state index is 13.1. The number of rotatable bonds is 5. The average Bonchev–Trinajstić information content (AvgIpc) is 2.87. The number of hydrogen-bond donors (Lipinski definition) is 0. The molecule has 1 aromatic heterocycles. The highest BCUT2D eigenvalue weighted by Crippen LogP contribution is 2.21. The monoisotopic (exact) mass is 383 g/mol. The molecule has 1 aromatic carbocycles. The SMILES string of the molecule is Cc1ccccc1CC(=O)N1C[C@H]2COC[C@@H]1CN(CCn1cnnc1C)C2. The van der Waals surface area contributed by atoms with Crippen molar-refractivity contribution in [3.05, 3.63) is 47.5 Å². The van der Waals surface area contributed by atoms with Crippen molar-refractivity contribution in [1.29, 1.82) is 0 Å². The molecule has 0 N–H and O–H groups in total. The van der Waals surface area contributed by atoms with Crippen molar-refractivity contribution in [3.8, 4) is 0 Å². The standard InChI is InChI=1S/C21H29N5O2/c1-16-5-3-4-6-19(16)9-21(27)26-11-18-10-24(12-20(26)14-28-13-18)7-8-25-15-22-23-17(25)2/h3-6,15,18,20H,7-14H2,1-2H3/t18-,20-/m0/s1. The molecule has 2 aromatic rings. The van der Waals surface area contributed by atoms with Crippen LogP contribution in [0.1, 0.15) is 17.0 Å². The summed E-state index contributed by atoms with van der Waals surface area (Å²) in [5.41, 5.74) is 2.29. The first-order chi connectivity index (χ1) is 13.6. The van der Waals surface area contributed by atoms with Crippen LogP contribution in [-0.4, -0.2) is 75.9 Å². The Bertz CT molecular complexity index is 821. The van der Waals surface area contributed by atoms with E-state index >= 15 is 0 Å². The number of nitrogens with zero attached hydrogens (tertiary/aromatic N) is 5. The van der Waals surface area contributed by atoms with E-state index in [2.05, 4.69) is 43.6 Å². The zero-order chi connectivity index (χ0) is 19.5. The van der Waals surface area contributed by atoms with Crippen molar-refractivity contribution >= 4 is 5.91 Å². The molecule has 2 aliphatic heterocycles. The number of hydrogen-bond acceptors (Lipinski definition) is 5. The van der Waals surface area contributed by atoms with E-state index in [9.17, 15) is 4.79 Å². The number of aryl methyl sites for hydroxylation is 2. The Morgan fingerprint density at radius 1 is 1.14 bits per heavy atom. The van der Waals surface area contributed by atoms with E-state index in [0.29, 0.717) is 18.9 Å². The van der Waals surface area contributed by atoms with E-state index in [0.717, 1.165) is 50.7 Å². The van der Waals surface area contributed by atoms with Gasteiger partial charge in [0, 0.05) is 38.6 Å². The molecule has 0 unspecified atom stereocenters. The van der Waals surface area contributed by atoms with Crippen LogP contribution in [0.3, 0.4) is 0 Å². The zero-order valence-electron chi connectivity index (χ0n) is 16.8. The molecular weight excluding hydrogens is 354 g/mol. The predicted molar refractivity (Wildman–Crippen MR) is 106 cm³/mol. The van der Waals surface area contributed by atoms with Crippen molar-refractivity contribution < 1.29 is 9.53 Å². The Kier molecular flexibility index (Phi) is 5.73. The van der Waals surface area contributed by atoms with Gasteiger partial charge in [-0.3, -0.25) is 9.69 Å². The van der Waals surface area contributed by atoms with E-state index in [-0.39, 0.29) is 11.9 Å². The van der Waals surface area contributed by atoms with Gasteiger partial charge in [-0.15, -0.1) is 10.2 Å². The lowest BCUT2D eigenvalue weighted by Crippen LogP contribution is -2.47. The van der Waals surface area contributed by atoms with E-state index < -0.39 is 0 Å². The molecule has 7 nitrogen and oxygen atoms in total. The first-order valence-electron chi connectivity index (χ1n) is 10.1. The van der Waals surface area contributed by atoms with Gasteiger partial charge in [0.2, 0.25) is 5.91 Å². The van der Waals surface area contributed by atoms with Crippen LogP contribution in [0.4, 0.5) is 0 Å². The highest BCUT2D eigenvalue weighted by atomic mass is 16.5. The first kappa shape index (κ1) is 19.1. The molecule has 0 spiro atoms. The number of fused-ring (bicyclic) bond motifs is 3. The number of amides is 1. The summed E-state index contributed by atoms with van der Waals surface area (Å²) in [6.45, 7) is 9.82. The minimum atomic E-state index is 0.117. The molecule has 4 rings (SSSR count). The molecule has 0 aliphatic carbocycles. The lowest BCUT2D eigenvalue weighted by Gasteiger charge is -2.31. The predicted octanol–water partition coefficient (Wildman–Crippen LogP) is 1.30. The summed E-state index contributed by atoms with van der Waals surface area (Å²) >= 11 is 0. The minimum absolute atomic E-state index is 0.117. The van der Waals surface area contributed by atoms with E-state index in [1.807, 2.05) is 19.1 Å². The number of carbonyl (C=O) groups is 1. The lowest BCUT2D eigenvalue weighted by atomic mass is 10.0. The molecule has 1 amide bonds. The summed E-state index contributed by atoms with van der Waals surface area (Å²) in [4.78, 5) is 17.7. The van der Waals surface area contributed by atoms with Crippen LogP contribution in [-0.2, 0) is 22.5 Å². The van der Waals surface area contributed by atoms with Crippen molar-refractivity contribution in [2.45, 2.75) is 32.9 Å². The average molecular weight is 383 g/mol. The third kappa shape index (κ3) is 4.25. The van der Waals surface area contributed by atoms with Crippen molar-refractivity contribution in [3.63, 3.8) is 0 Å². The first-order valence-corrected chi connectivity index (χ1v) is 10.1. The molecule has 2 saturated heterocycles. The lowest BCUT2D eigenvalue weighted by molar-refractivity contribution is -0.133. The summed E-state index contributed by atoms with van der Waals surface area (Å²) in [6.07, 6.45) is 2.25. The normalized spacial score (nSPS) is 22.9. The summed E-state index contributed by atoms with van der Waals surface area (Å²) in [5, 5.41) is 8.02. The highest BCUT2D eigenvalue weighted by Gasteiger charge is 2.35. The minimum Gasteiger partial charge on any atom is -0.379 e. The summed E-state index contributed by atoms with van der Waals surface area (Å²) in [5.74, 6) is 1.51. The van der Waals surface area contributed by atoms with Gasteiger partial charge in [-0.2, -0.15) is 0 Å². The molecular formula is C21H29N5O2. The Morgan fingerprint density at radius 3 is 2.79 bits per heavy atom. The molecule has 0 saturated carbocycles. The molecule has 2 aliphatic rings. The fraction of sp³-hybridized carbons (Fsp3) is 0.571. The van der Waals surface area contributed by atoms with Gasteiger partial charge in [-0.1, -0.05) is 24.3 Å². The van der Waals surface area contributed by atoms with Crippen LogP contribution in [0.15, 0.2) is 30.6 Å². The Morgan fingerprint density at radius 2 is 2.00 bits per heavy atom. The summed E-state index contributed by atoms with van der Waals surface area (Å²) in [7, 11) is 0. The van der Waals surface area contributed by atoms with Crippen LogP contribution in [0.2, 0.25) is 0 Å². The van der Waals surface area contributed by atoms with Crippen molar-refractivity contribution in [1.82, 2.24) is 24.6 Å². The molecule has 2 atom stereocenters. The largest absolute Gasteiger partial charge is 0.379 e. The van der Waals surface area contributed by atoms with Crippen molar-refractivity contribution in [2.24, 2.45) is 5.92 Å². The second-order valence-corrected chi connectivity index (χ2v) is 8.04. The van der Waals surface area contributed by atoms with Crippen LogP contribution < -0.4 is 0 Å². The zero-order valence-corrected chi connectivity index (χ0v) is 16.8. The van der Waals surface area contributed by atoms with E-state index in [4.69, 9.17) is 4.74 Å². The molecule has 2 bridgehead atoms. The van der Waals surface area contributed by atoms with Gasteiger partial charge >= 0.3 is 0 Å². The van der Waals surface area contributed by atoms with E-state index in [1.165, 1.54) is 5.56 Å². The van der Waals surface area contributed by atoms with Crippen LogP contribution in [0, 0.1) is 19.8 Å². The number of ether oxygens (including phenoxy) is 1. The quantitative estimate of drug-likeness (QED) is 0.779. The van der Waals surface area contributed by atoms with Crippen LogP contribution >= 0.6 is 0 Å². The number of benzene rings is 1. The van der Waals surface area contributed by atoms with Crippen LogP contribution in [0.25, 0.3) is 0 Å². The number of carbonyl (C=O) groups excluding carboxylic acids is 1. The number of aromatic nitrogens is 3. The maximum Gasteiger partial charge on any atom is 0.227 e. The summed E-state index contributed by atoms with van der Waals surface area (Å²) < 4.78 is 7.97. The topological polar surface area (TPSA) is 63.5 Å². The van der Waals surface area contributed by atoms with Gasteiger partial charge in [-0.25, -0.2) is 0 Å². The van der Waals surface area contributed by atoms with Gasteiger partial charge in [0.15, 0.2) is 0 Å². The van der Waals surface area contributed by atoms with Gasteiger partial charge in [0.1, 0.15) is 12.2 Å². The second-order valence-electron chi connectivity index (χ2n) is 8.04. The Hall–Kier alpha value is -2.25. The molecule has 150 valence electrons. The van der Waals surface area contributed by atoms with E-state index in [1.54, 1.807) is 6.33 Å². The Labute approximate surface area is 166 Å². The van der Waals surface area contributed by atoms with Gasteiger partial charge in [-0.05, 0) is 25.0 Å². The van der Waals surface area contributed by atoms with Gasteiger partial charge in [0.25, 0.3) is 0 Å². The van der Waals surface area contributed by atoms with Gasteiger partial charge in [0.05, 0.1) is 25.7 Å². The van der Waals surface area contributed by atoms with Crippen LogP contribution in [0.5, 0.6) is 0 Å². The Balaban J connectivity index is 1.43. The fourth-order valence-electron chi connectivity index (χ4n) is 4.28. The third-order valence-corrected chi connectivity index (χ3v) is 5.93. The summed E-state index contributed by atoms with van der Waals surface area (Å²) in [6, 6.07) is 8.27. The second kappa shape index (κ2) is 8.41. The highest BCUT2D eigenvalue weighted by molar-refractivity contribution is 5.79. The fourth-order valence-corrected chi connectivity index (χ4v) is 4.28. The maximum atomic E-state index is 13.1. The van der Waals surface area contributed by atoms with Gasteiger partial charge < -0.3 is 14.2 Å². The van der Waals surface area contributed by atoms with Crippen molar-refractivity contribution in [2.75, 3.05) is 39.4 Å².